The van der Waals surface area contributed by atoms with E-state index >= 15 is 0 Å². The van der Waals surface area contributed by atoms with Gasteiger partial charge in [0.05, 0.1) is 20.3 Å². The molecule has 2 rings (SSSR count). The molecule has 0 spiro atoms. The summed E-state index contributed by atoms with van der Waals surface area (Å²) < 4.78 is 12.7. The van der Waals surface area contributed by atoms with Gasteiger partial charge >= 0.3 is 0 Å². The first-order chi connectivity index (χ1) is 12.6. The Labute approximate surface area is 154 Å². The van der Waals surface area contributed by atoms with Crippen LogP contribution in [0.15, 0.2) is 35.6 Å². The summed E-state index contributed by atoms with van der Waals surface area (Å²) in [5.74, 6) is 3.33. The van der Waals surface area contributed by atoms with Gasteiger partial charge in [-0.1, -0.05) is 6.07 Å². The maximum atomic E-state index is 5.75. The molecule has 26 heavy (non-hydrogen) atoms. The van der Waals surface area contributed by atoms with Crippen molar-refractivity contribution in [2.24, 2.45) is 12.0 Å². The number of nitrogens with one attached hydrogen (secondary N) is 1. The van der Waals surface area contributed by atoms with Crippen molar-refractivity contribution in [1.82, 2.24) is 25.0 Å². The molecule has 1 N–H and O–H groups in total. The molecule has 0 bridgehead atoms. The largest absolute Gasteiger partial charge is 0.497 e. The molecule has 0 saturated heterocycles. The Hall–Kier alpha value is -2.77. The van der Waals surface area contributed by atoms with Crippen LogP contribution < -0.4 is 14.8 Å². The van der Waals surface area contributed by atoms with Crippen LogP contribution in [0.2, 0.25) is 0 Å². The molecule has 0 aliphatic heterocycles. The average Bonchev–Trinajstić information content (AvgIpc) is 3.05. The molecule has 0 aliphatic rings. The smallest absolute Gasteiger partial charge is 0.194 e. The van der Waals surface area contributed by atoms with E-state index in [9.17, 15) is 0 Å². The molecule has 1 aromatic heterocycles. The standard InChI is InChI=1S/C18H28N6O2/c1-5-19-18(23(2)13-17-21-14-22-24(17)3)20-10-7-11-26-16-9-6-8-15(12-16)25-4/h6,8-9,12,14H,5,7,10-11,13H2,1-4H3,(H,19,20). The molecule has 8 nitrogen and oxygen atoms in total. The zero-order valence-electron chi connectivity index (χ0n) is 16.0. The lowest BCUT2D eigenvalue weighted by molar-refractivity contribution is 0.310. The van der Waals surface area contributed by atoms with E-state index in [4.69, 9.17) is 9.47 Å². The number of aryl methyl sites for hydroxylation is 1. The van der Waals surface area contributed by atoms with Crippen LogP contribution in [0.5, 0.6) is 11.5 Å². The monoisotopic (exact) mass is 360 g/mol. The van der Waals surface area contributed by atoms with Crippen molar-refractivity contribution in [2.45, 2.75) is 19.9 Å². The highest BCUT2D eigenvalue weighted by Gasteiger charge is 2.09. The Kier molecular flexibility index (Phi) is 7.73. The lowest BCUT2D eigenvalue weighted by Gasteiger charge is -2.21. The normalized spacial score (nSPS) is 11.3. The third-order valence-corrected chi connectivity index (χ3v) is 3.75. The molecular weight excluding hydrogens is 332 g/mol. The van der Waals surface area contributed by atoms with E-state index in [1.165, 1.54) is 0 Å². The maximum Gasteiger partial charge on any atom is 0.194 e. The van der Waals surface area contributed by atoms with E-state index in [0.717, 1.165) is 36.2 Å². The number of ether oxygens (including phenoxy) is 2. The quantitative estimate of drug-likeness (QED) is 0.417. The Morgan fingerprint density at radius 3 is 2.85 bits per heavy atom. The Morgan fingerprint density at radius 1 is 1.35 bits per heavy atom. The molecule has 0 saturated carbocycles. The first-order valence-electron chi connectivity index (χ1n) is 8.73. The van der Waals surface area contributed by atoms with Crippen LogP contribution in [0.3, 0.4) is 0 Å². The molecule has 0 atom stereocenters. The third kappa shape index (κ3) is 5.94. The fraction of sp³-hybridized carbons (Fsp3) is 0.500. The Morgan fingerprint density at radius 2 is 2.15 bits per heavy atom. The van der Waals surface area contributed by atoms with Crippen molar-refractivity contribution in [1.29, 1.82) is 0 Å². The highest BCUT2D eigenvalue weighted by molar-refractivity contribution is 5.79. The summed E-state index contributed by atoms with van der Waals surface area (Å²) in [6.07, 6.45) is 2.38. The van der Waals surface area contributed by atoms with Crippen molar-refractivity contribution in [2.75, 3.05) is 33.9 Å². The highest BCUT2D eigenvalue weighted by Crippen LogP contribution is 2.18. The molecule has 0 radical (unpaired) electrons. The predicted molar refractivity (Wildman–Crippen MR) is 102 cm³/mol. The van der Waals surface area contributed by atoms with Crippen LogP contribution >= 0.6 is 0 Å². The van der Waals surface area contributed by atoms with E-state index in [2.05, 4.69) is 27.3 Å². The number of aliphatic imine (C=N–C) groups is 1. The van der Waals surface area contributed by atoms with E-state index in [1.54, 1.807) is 18.1 Å². The summed E-state index contributed by atoms with van der Waals surface area (Å²) in [5, 5.41) is 7.39. The van der Waals surface area contributed by atoms with Gasteiger partial charge in [-0.15, -0.1) is 0 Å². The fourth-order valence-electron chi connectivity index (χ4n) is 2.35. The van der Waals surface area contributed by atoms with Crippen molar-refractivity contribution >= 4 is 5.96 Å². The van der Waals surface area contributed by atoms with Gasteiger partial charge in [0, 0.05) is 39.7 Å². The number of aromatic nitrogens is 3. The van der Waals surface area contributed by atoms with Crippen LogP contribution in [0.1, 0.15) is 19.2 Å². The van der Waals surface area contributed by atoms with Gasteiger partial charge < -0.3 is 19.7 Å². The first-order valence-corrected chi connectivity index (χ1v) is 8.73. The number of methoxy groups -OCH3 is 1. The van der Waals surface area contributed by atoms with Gasteiger partial charge in [-0.25, -0.2) is 4.98 Å². The van der Waals surface area contributed by atoms with Crippen LogP contribution in [0.4, 0.5) is 0 Å². The highest BCUT2D eigenvalue weighted by atomic mass is 16.5. The summed E-state index contributed by atoms with van der Waals surface area (Å²) in [7, 11) is 5.52. The molecule has 1 heterocycles. The van der Waals surface area contributed by atoms with E-state index in [-0.39, 0.29) is 0 Å². The predicted octanol–water partition coefficient (Wildman–Crippen LogP) is 1.69. The SMILES string of the molecule is CCNC(=NCCCOc1cccc(OC)c1)N(C)Cc1ncnn1C. The molecule has 0 fully saturated rings. The van der Waals surface area contributed by atoms with Gasteiger partial charge in [-0.2, -0.15) is 5.10 Å². The molecular formula is C18H28N6O2. The number of rotatable bonds is 9. The van der Waals surface area contributed by atoms with Crippen LogP contribution in [-0.4, -0.2) is 59.5 Å². The number of nitrogens with zero attached hydrogens (tertiary/aromatic N) is 5. The third-order valence-electron chi connectivity index (χ3n) is 3.75. The van der Waals surface area contributed by atoms with E-state index < -0.39 is 0 Å². The lowest BCUT2D eigenvalue weighted by Crippen LogP contribution is -2.39. The Bertz CT molecular complexity index is 700. The van der Waals surface area contributed by atoms with Gasteiger partial charge in [0.2, 0.25) is 0 Å². The lowest BCUT2D eigenvalue weighted by atomic mass is 10.3. The summed E-state index contributed by atoms with van der Waals surface area (Å²) in [6.45, 7) is 4.78. The minimum Gasteiger partial charge on any atom is -0.497 e. The summed E-state index contributed by atoms with van der Waals surface area (Å²) in [6, 6.07) is 7.61. The van der Waals surface area contributed by atoms with Crippen LogP contribution in [-0.2, 0) is 13.6 Å². The number of hydrogen-bond donors (Lipinski definition) is 1. The zero-order valence-corrected chi connectivity index (χ0v) is 16.0. The first kappa shape index (κ1) is 19.6. The zero-order chi connectivity index (χ0) is 18.8. The van der Waals surface area contributed by atoms with Gasteiger partial charge in [-0.05, 0) is 19.1 Å². The summed E-state index contributed by atoms with van der Waals surface area (Å²) in [4.78, 5) is 10.9. The van der Waals surface area contributed by atoms with Crippen molar-refractivity contribution < 1.29 is 9.47 Å². The molecule has 142 valence electrons. The van der Waals surface area contributed by atoms with Gasteiger partial charge in [0.25, 0.3) is 0 Å². The Balaban J connectivity index is 1.81. The second-order valence-corrected chi connectivity index (χ2v) is 5.77. The van der Waals surface area contributed by atoms with Crippen LogP contribution in [0.25, 0.3) is 0 Å². The second-order valence-electron chi connectivity index (χ2n) is 5.77. The second kappa shape index (κ2) is 10.3. The number of benzene rings is 1. The van der Waals surface area contributed by atoms with Gasteiger partial charge in [-0.3, -0.25) is 9.67 Å². The van der Waals surface area contributed by atoms with E-state index in [0.29, 0.717) is 19.7 Å². The summed E-state index contributed by atoms with van der Waals surface area (Å²) in [5.41, 5.74) is 0. The maximum absolute atomic E-state index is 5.75. The van der Waals surface area contributed by atoms with E-state index in [1.807, 2.05) is 43.3 Å². The van der Waals surface area contributed by atoms with Gasteiger partial charge in [0.1, 0.15) is 23.7 Å². The minimum absolute atomic E-state index is 0.600. The van der Waals surface area contributed by atoms with Gasteiger partial charge in [0.15, 0.2) is 5.96 Å². The van der Waals surface area contributed by atoms with Crippen molar-refractivity contribution in [3.63, 3.8) is 0 Å². The number of hydrogen-bond acceptors (Lipinski definition) is 5. The van der Waals surface area contributed by atoms with Crippen LogP contribution in [0, 0.1) is 0 Å². The average molecular weight is 360 g/mol. The molecule has 2 aromatic rings. The number of guanidine groups is 1. The molecule has 0 unspecified atom stereocenters. The molecule has 0 amide bonds. The molecule has 1 aromatic carbocycles. The molecule has 0 aliphatic carbocycles. The van der Waals surface area contributed by atoms with Crippen molar-refractivity contribution in [3.8, 4) is 11.5 Å². The summed E-state index contributed by atoms with van der Waals surface area (Å²) >= 11 is 0. The molecule has 8 heteroatoms. The minimum atomic E-state index is 0.600. The fourth-order valence-corrected chi connectivity index (χ4v) is 2.35. The van der Waals surface area contributed by atoms with Crippen molar-refractivity contribution in [3.05, 3.63) is 36.4 Å². The topological polar surface area (TPSA) is 76.8 Å².